The van der Waals surface area contributed by atoms with Gasteiger partial charge in [0.25, 0.3) is 0 Å². The summed E-state index contributed by atoms with van der Waals surface area (Å²) in [4.78, 5) is 18.2. The van der Waals surface area contributed by atoms with Crippen molar-refractivity contribution in [3.8, 4) is 11.4 Å². The fourth-order valence-corrected chi connectivity index (χ4v) is 4.36. The minimum atomic E-state index is 0.0149. The van der Waals surface area contributed by atoms with Crippen molar-refractivity contribution in [1.29, 1.82) is 0 Å². The highest BCUT2D eigenvalue weighted by Crippen LogP contribution is 2.24. The largest absolute Gasteiger partial charge is 0.355 e. The quantitative estimate of drug-likeness (QED) is 0.672. The molecule has 1 unspecified atom stereocenters. The molecule has 5 heterocycles. The smallest absolute Gasteiger partial charge is 0.151 e. The molecule has 0 aromatic carbocycles. The summed E-state index contributed by atoms with van der Waals surface area (Å²) in [6.45, 7) is 6.01. The van der Waals surface area contributed by atoms with Crippen LogP contribution >= 0.6 is 0 Å². The molecule has 2 saturated heterocycles. The van der Waals surface area contributed by atoms with Crippen LogP contribution in [-0.4, -0.2) is 61.9 Å². The summed E-state index contributed by atoms with van der Waals surface area (Å²) < 4.78 is 2.04. The van der Waals surface area contributed by atoms with E-state index in [0.717, 1.165) is 67.7 Å². The molecule has 2 atom stereocenters. The van der Waals surface area contributed by atoms with Gasteiger partial charge in [-0.25, -0.2) is 9.97 Å². The first-order chi connectivity index (χ1) is 15.2. The van der Waals surface area contributed by atoms with Crippen molar-refractivity contribution >= 4 is 11.6 Å². The fraction of sp³-hybridized carbons (Fsp3) is 0.500. The second-order valence-corrected chi connectivity index (χ2v) is 8.50. The van der Waals surface area contributed by atoms with Gasteiger partial charge in [0, 0.05) is 38.4 Å². The molecule has 2 fully saturated rings. The van der Waals surface area contributed by atoms with Crippen molar-refractivity contribution in [3.63, 3.8) is 0 Å². The lowest BCUT2D eigenvalue weighted by Crippen LogP contribution is -2.43. The van der Waals surface area contributed by atoms with E-state index in [1.165, 1.54) is 12.8 Å². The van der Waals surface area contributed by atoms with Crippen molar-refractivity contribution in [2.75, 3.05) is 36.0 Å². The zero-order valence-electron chi connectivity index (χ0n) is 17.9. The van der Waals surface area contributed by atoms with Crippen LogP contribution in [0.4, 0.5) is 11.6 Å². The Morgan fingerprint density at radius 3 is 2.58 bits per heavy atom. The van der Waals surface area contributed by atoms with Gasteiger partial charge in [-0.1, -0.05) is 0 Å². The van der Waals surface area contributed by atoms with Gasteiger partial charge in [0.15, 0.2) is 5.82 Å². The minimum absolute atomic E-state index is 0.0149. The van der Waals surface area contributed by atoms with E-state index >= 15 is 0 Å². The molecule has 0 bridgehead atoms. The van der Waals surface area contributed by atoms with Gasteiger partial charge < -0.3 is 20.1 Å². The fourth-order valence-electron chi connectivity index (χ4n) is 4.36. The highest BCUT2D eigenvalue weighted by atomic mass is 15.3. The molecule has 0 aliphatic carbocycles. The Balaban J connectivity index is 1.31. The maximum Gasteiger partial charge on any atom is 0.151 e. The van der Waals surface area contributed by atoms with Crippen LogP contribution in [0.2, 0.25) is 0 Å². The summed E-state index contributed by atoms with van der Waals surface area (Å²) in [5.74, 6) is 1.82. The van der Waals surface area contributed by atoms with Gasteiger partial charge in [0.2, 0.25) is 0 Å². The van der Waals surface area contributed by atoms with Crippen LogP contribution < -0.4 is 15.5 Å². The van der Waals surface area contributed by atoms with Crippen molar-refractivity contribution < 1.29 is 0 Å². The summed E-state index contributed by atoms with van der Waals surface area (Å²) in [7, 11) is 0. The first-order valence-electron chi connectivity index (χ1n) is 11.1. The van der Waals surface area contributed by atoms with E-state index in [4.69, 9.17) is 10.7 Å². The van der Waals surface area contributed by atoms with Crippen molar-refractivity contribution in [2.24, 2.45) is 5.73 Å². The maximum absolute atomic E-state index is 6.10. The first-order valence-corrected chi connectivity index (χ1v) is 11.1. The van der Waals surface area contributed by atoms with Crippen LogP contribution in [0, 0.1) is 0 Å². The van der Waals surface area contributed by atoms with Crippen LogP contribution in [0.3, 0.4) is 0 Å². The number of anilines is 2. The van der Waals surface area contributed by atoms with Crippen LogP contribution in [0.15, 0.2) is 37.1 Å². The molecule has 162 valence electrons. The van der Waals surface area contributed by atoms with Crippen molar-refractivity contribution in [1.82, 2.24) is 29.7 Å². The Morgan fingerprint density at radius 2 is 1.81 bits per heavy atom. The van der Waals surface area contributed by atoms with Gasteiger partial charge in [-0.05, 0) is 44.7 Å². The Hall–Kier alpha value is -3.07. The van der Waals surface area contributed by atoms with E-state index in [-0.39, 0.29) is 12.1 Å². The predicted molar refractivity (Wildman–Crippen MR) is 120 cm³/mol. The topological polar surface area (TPSA) is 102 Å². The average Bonchev–Trinajstić information content (AvgIpc) is 3.52. The van der Waals surface area contributed by atoms with E-state index in [0.29, 0.717) is 0 Å². The number of aromatic nitrogens is 6. The van der Waals surface area contributed by atoms with Crippen LogP contribution in [-0.2, 0) is 0 Å². The zero-order chi connectivity index (χ0) is 21.2. The molecule has 2 aliphatic heterocycles. The predicted octanol–water partition coefficient (Wildman–Crippen LogP) is 2.27. The number of nitrogens with two attached hydrogens (primary N) is 1. The Bertz CT molecular complexity index is 1010. The lowest BCUT2D eigenvalue weighted by atomic mass is 10.1. The van der Waals surface area contributed by atoms with Gasteiger partial charge >= 0.3 is 0 Å². The van der Waals surface area contributed by atoms with E-state index in [9.17, 15) is 0 Å². The van der Waals surface area contributed by atoms with Crippen LogP contribution in [0.5, 0.6) is 0 Å². The standard InChI is InChI=1S/C22H29N9/c1-16(18-6-7-21(28-27-18)30-10-4-5-17(23)13-30)31-14-20(25-15-31)19-11-24-12-22(26-19)29-8-2-3-9-29/h6-7,11-12,14-17H,2-5,8-10,13,23H2,1H3/t16?,17-/m1/s1. The summed E-state index contributed by atoms with van der Waals surface area (Å²) in [5, 5.41) is 8.95. The number of piperidine rings is 1. The summed E-state index contributed by atoms with van der Waals surface area (Å²) >= 11 is 0. The van der Waals surface area contributed by atoms with E-state index in [1.54, 1.807) is 6.20 Å². The van der Waals surface area contributed by atoms with E-state index < -0.39 is 0 Å². The van der Waals surface area contributed by atoms with Crippen molar-refractivity contribution in [3.05, 3.63) is 42.7 Å². The van der Waals surface area contributed by atoms with Crippen LogP contribution in [0.1, 0.15) is 44.3 Å². The van der Waals surface area contributed by atoms with E-state index in [1.807, 2.05) is 35.4 Å². The summed E-state index contributed by atoms with van der Waals surface area (Å²) in [6.07, 6.45) is 12.0. The van der Waals surface area contributed by atoms with Crippen molar-refractivity contribution in [2.45, 2.75) is 44.7 Å². The lowest BCUT2D eigenvalue weighted by molar-refractivity contribution is 0.501. The zero-order valence-corrected chi connectivity index (χ0v) is 17.9. The Morgan fingerprint density at radius 1 is 0.968 bits per heavy atom. The number of nitrogens with zero attached hydrogens (tertiary/aromatic N) is 8. The van der Waals surface area contributed by atoms with Gasteiger partial charge in [-0.2, -0.15) is 5.10 Å². The summed E-state index contributed by atoms with van der Waals surface area (Å²) in [6, 6.07) is 4.31. The number of rotatable bonds is 5. The van der Waals surface area contributed by atoms with Gasteiger partial charge in [0.05, 0.1) is 30.5 Å². The molecule has 9 heteroatoms. The third-order valence-electron chi connectivity index (χ3n) is 6.24. The molecule has 0 spiro atoms. The monoisotopic (exact) mass is 419 g/mol. The molecule has 0 saturated carbocycles. The molecule has 3 aromatic heterocycles. The van der Waals surface area contributed by atoms with Gasteiger partial charge in [-0.15, -0.1) is 5.10 Å². The number of hydrogen-bond donors (Lipinski definition) is 1. The average molecular weight is 420 g/mol. The molecule has 2 N–H and O–H groups in total. The molecular weight excluding hydrogens is 390 g/mol. The molecule has 3 aromatic rings. The molecule has 5 rings (SSSR count). The third-order valence-corrected chi connectivity index (χ3v) is 6.24. The Kier molecular flexibility index (Phi) is 5.50. The molecule has 2 aliphatic rings. The third kappa shape index (κ3) is 4.23. The molecule has 0 radical (unpaired) electrons. The molecule has 9 nitrogen and oxygen atoms in total. The Labute approximate surface area is 182 Å². The SMILES string of the molecule is CC(c1ccc(N2CCC[C@@H](N)C2)nn1)n1cnc(-c2cncc(N3CCCC3)n2)c1. The normalized spacial score (nSPS) is 20.3. The molecule has 0 amide bonds. The second-order valence-electron chi connectivity index (χ2n) is 8.50. The maximum atomic E-state index is 6.10. The van der Waals surface area contributed by atoms with Gasteiger partial charge in [-0.3, -0.25) is 4.98 Å². The second kappa shape index (κ2) is 8.58. The highest BCUT2D eigenvalue weighted by molar-refractivity contribution is 5.55. The van der Waals surface area contributed by atoms with Gasteiger partial charge in [0.1, 0.15) is 17.2 Å². The summed E-state index contributed by atoms with van der Waals surface area (Å²) in [5.41, 5.74) is 8.60. The lowest BCUT2D eigenvalue weighted by Gasteiger charge is -2.31. The number of hydrogen-bond acceptors (Lipinski definition) is 8. The molecular formula is C22H29N9. The van der Waals surface area contributed by atoms with E-state index in [2.05, 4.69) is 36.9 Å². The first kappa shape index (κ1) is 19.9. The van der Waals surface area contributed by atoms with Crippen LogP contribution in [0.25, 0.3) is 11.4 Å². The minimum Gasteiger partial charge on any atom is -0.355 e. The number of imidazole rings is 1. The molecule has 31 heavy (non-hydrogen) atoms. The highest BCUT2D eigenvalue weighted by Gasteiger charge is 2.20.